The summed E-state index contributed by atoms with van der Waals surface area (Å²) >= 11 is 0. The van der Waals surface area contributed by atoms with Gasteiger partial charge in [-0.25, -0.2) is 0 Å². The normalized spacial score (nSPS) is 13.1. The Morgan fingerprint density at radius 1 is 0.867 bits per heavy atom. The van der Waals surface area contributed by atoms with Crippen molar-refractivity contribution >= 4 is 11.1 Å². The predicted molar refractivity (Wildman–Crippen MR) is 121 cm³/mol. The van der Waals surface area contributed by atoms with Gasteiger partial charge in [0.05, 0.1) is 0 Å². The molecule has 0 aromatic heterocycles. The first-order valence-electron chi connectivity index (χ1n) is 10.4. The molecule has 1 aliphatic rings. The lowest BCUT2D eigenvalue weighted by Crippen LogP contribution is -2.15. The van der Waals surface area contributed by atoms with Gasteiger partial charge in [0.15, 0.2) is 11.5 Å². The highest BCUT2D eigenvalue weighted by Gasteiger charge is 2.18. The van der Waals surface area contributed by atoms with E-state index in [4.69, 9.17) is 14.2 Å². The lowest BCUT2D eigenvalue weighted by atomic mass is 9.88. The van der Waals surface area contributed by atoms with Crippen molar-refractivity contribution in [3.05, 3.63) is 89.5 Å². The van der Waals surface area contributed by atoms with E-state index in [1.807, 2.05) is 31.3 Å². The predicted octanol–water partition coefficient (Wildman–Crippen LogP) is 5.38. The van der Waals surface area contributed by atoms with Crippen molar-refractivity contribution in [3.63, 3.8) is 0 Å². The molecule has 154 valence electrons. The molecule has 0 aliphatic carbocycles. The summed E-state index contributed by atoms with van der Waals surface area (Å²) in [5, 5.41) is 3.10. The fourth-order valence-corrected chi connectivity index (χ4v) is 3.72. The highest BCUT2D eigenvalue weighted by molar-refractivity contribution is 5.99. The summed E-state index contributed by atoms with van der Waals surface area (Å²) in [7, 11) is 1.92. The number of rotatable bonds is 8. The van der Waals surface area contributed by atoms with Crippen molar-refractivity contribution in [2.45, 2.75) is 13.3 Å². The van der Waals surface area contributed by atoms with Gasteiger partial charge < -0.3 is 19.5 Å². The van der Waals surface area contributed by atoms with Crippen LogP contribution in [0, 0.1) is 0 Å². The van der Waals surface area contributed by atoms with E-state index >= 15 is 0 Å². The molecule has 0 radical (unpaired) electrons. The van der Waals surface area contributed by atoms with E-state index in [9.17, 15) is 0 Å². The summed E-state index contributed by atoms with van der Waals surface area (Å²) in [5.41, 5.74) is 5.98. The molecule has 3 aromatic carbocycles. The van der Waals surface area contributed by atoms with Crippen molar-refractivity contribution in [1.82, 2.24) is 5.32 Å². The van der Waals surface area contributed by atoms with Crippen molar-refractivity contribution in [1.29, 1.82) is 0 Å². The monoisotopic (exact) mass is 401 g/mol. The minimum atomic E-state index is 0.274. The molecule has 0 fully saturated rings. The Morgan fingerprint density at radius 3 is 2.33 bits per heavy atom. The highest BCUT2D eigenvalue weighted by Crippen LogP contribution is 2.40. The number of nitrogens with one attached hydrogen (secondary N) is 1. The van der Waals surface area contributed by atoms with Crippen LogP contribution in [0.4, 0.5) is 0 Å². The van der Waals surface area contributed by atoms with Crippen LogP contribution in [0.2, 0.25) is 0 Å². The highest BCUT2D eigenvalue weighted by atomic mass is 16.7. The van der Waals surface area contributed by atoms with Crippen molar-refractivity contribution in [2.75, 3.05) is 27.0 Å². The average Bonchev–Trinajstić information content (AvgIpc) is 3.27. The lowest BCUT2D eigenvalue weighted by Gasteiger charge is -2.17. The van der Waals surface area contributed by atoms with Gasteiger partial charge in [0.2, 0.25) is 6.79 Å². The smallest absolute Gasteiger partial charge is 0.231 e. The molecule has 4 heteroatoms. The van der Waals surface area contributed by atoms with Gasteiger partial charge in [-0.2, -0.15) is 0 Å². The van der Waals surface area contributed by atoms with Gasteiger partial charge >= 0.3 is 0 Å². The van der Waals surface area contributed by atoms with Gasteiger partial charge in [0, 0.05) is 6.54 Å². The summed E-state index contributed by atoms with van der Waals surface area (Å²) in [4.78, 5) is 0. The van der Waals surface area contributed by atoms with Crippen LogP contribution in [0.25, 0.3) is 11.1 Å². The second kappa shape index (κ2) is 9.51. The quantitative estimate of drug-likeness (QED) is 0.406. The number of ether oxygens (including phenoxy) is 3. The van der Waals surface area contributed by atoms with Crippen LogP contribution >= 0.6 is 0 Å². The molecule has 4 rings (SSSR count). The third-order valence-electron chi connectivity index (χ3n) is 5.20. The topological polar surface area (TPSA) is 39.7 Å². The van der Waals surface area contributed by atoms with E-state index in [1.165, 1.54) is 16.7 Å². The molecule has 1 aliphatic heterocycles. The molecule has 1 heterocycles. The fraction of sp³-hybridized carbons (Fsp3) is 0.231. The fourth-order valence-electron chi connectivity index (χ4n) is 3.72. The van der Waals surface area contributed by atoms with Crippen molar-refractivity contribution < 1.29 is 14.2 Å². The zero-order valence-corrected chi connectivity index (χ0v) is 17.5. The number of hydrogen-bond donors (Lipinski definition) is 1. The van der Waals surface area contributed by atoms with E-state index in [1.54, 1.807) is 0 Å². The van der Waals surface area contributed by atoms with Gasteiger partial charge in [-0.3, -0.25) is 0 Å². The third-order valence-corrected chi connectivity index (χ3v) is 5.20. The van der Waals surface area contributed by atoms with E-state index in [0.29, 0.717) is 6.61 Å². The molecule has 0 bridgehead atoms. The van der Waals surface area contributed by atoms with E-state index in [2.05, 4.69) is 60.8 Å². The number of benzene rings is 3. The van der Waals surface area contributed by atoms with Gasteiger partial charge in [-0.1, -0.05) is 55.5 Å². The molecule has 0 atom stereocenters. The minimum Gasteiger partial charge on any atom is -0.492 e. The first-order chi connectivity index (χ1) is 14.8. The summed E-state index contributed by atoms with van der Waals surface area (Å²) in [6, 6.07) is 25.1. The molecule has 3 aromatic rings. The van der Waals surface area contributed by atoms with Crippen LogP contribution in [0.5, 0.6) is 17.2 Å². The summed E-state index contributed by atoms with van der Waals surface area (Å²) in [6.45, 7) is 3.93. The lowest BCUT2D eigenvalue weighted by molar-refractivity contribution is 0.174. The van der Waals surface area contributed by atoms with Crippen LogP contribution in [-0.4, -0.2) is 27.0 Å². The third kappa shape index (κ3) is 4.34. The van der Waals surface area contributed by atoms with Crippen LogP contribution in [-0.2, 0) is 0 Å². The van der Waals surface area contributed by atoms with E-state index in [0.717, 1.165) is 41.3 Å². The average molecular weight is 402 g/mol. The number of likely N-dealkylation sites (N-methyl/N-ethyl adjacent to an activating group) is 1. The van der Waals surface area contributed by atoms with Crippen LogP contribution in [0.1, 0.15) is 30.0 Å². The zero-order chi connectivity index (χ0) is 20.8. The Morgan fingerprint density at radius 2 is 1.60 bits per heavy atom. The second-order valence-corrected chi connectivity index (χ2v) is 7.12. The van der Waals surface area contributed by atoms with Gasteiger partial charge in [0.25, 0.3) is 0 Å². The maximum Gasteiger partial charge on any atom is 0.231 e. The molecule has 1 N–H and O–H groups in total. The Bertz CT molecular complexity index is 1010. The molecule has 0 saturated heterocycles. The molecular formula is C26H27NO3. The molecule has 0 spiro atoms. The Balaban J connectivity index is 1.79. The molecule has 30 heavy (non-hydrogen) atoms. The maximum atomic E-state index is 5.80. The molecular weight excluding hydrogens is 374 g/mol. The van der Waals surface area contributed by atoms with E-state index < -0.39 is 0 Å². The summed E-state index contributed by atoms with van der Waals surface area (Å²) < 4.78 is 17.0. The van der Waals surface area contributed by atoms with Gasteiger partial charge in [-0.15, -0.1) is 0 Å². The van der Waals surface area contributed by atoms with Crippen molar-refractivity contribution in [3.8, 4) is 17.2 Å². The van der Waals surface area contributed by atoms with E-state index in [-0.39, 0.29) is 6.79 Å². The Kier molecular flexibility index (Phi) is 6.35. The maximum absolute atomic E-state index is 5.80. The number of fused-ring (bicyclic) bond motifs is 1. The van der Waals surface area contributed by atoms with Crippen LogP contribution < -0.4 is 19.5 Å². The number of hydrogen-bond acceptors (Lipinski definition) is 4. The van der Waals surface area contributed by atoms with Crippen LogP contribution in [0.15, 0.2) is 72.8 Å². The minimum absolute atomic E-state index is 0.274. The standard InChI is InChI=1S/C26H27NO3/c1-3-23(19-7-5-4-6-8-19)26(21-11-14-24-25(17-21)30-18-29-24)20-9-12-22(13-10-20)28-16-15-27-2/h4-14,17,27H,3,15-16,18H2,1-2H3/b26-23-. The Labute approximate surface area is 178 Å². The largest absolute Gasteiger partial charge is 0.492 e. The SMILES string of the molecule is CC/C(=C(\c1ccc(OCCNC)cc1)c1ccc2c(c1)OCO2)c1ccccc1. The van der Waals surface area contributed by atoms with Gasteiger partial charge in [-0.05, 0) is 65.6 Å². The number of allylic oxidation sites excluding steroid dienone is 1. The summed E-state index contributed by atoms with van der Waals surface area (Å²) in [5.74, 6) is 2.46. The first kappa shape index (κ1) is 20.0. The summed E-state index contributed by atoms with van der Waals surface area (Å²) in [6.07, 6.45) is 0.911. The first-order valence-corrected chi connectivity index (χ1v) is 10.4. The van der Waals surface area contributed by atoms with Gasteiger partial charge in [0.1, 0.15) is 12.4 Å². The van der Waals surface area contributed by atoms with Crippen LogP contribution in [0.3, 0.4) is 0 Å². The van der Waals surface area contributed by atoms with Crippen molar-refractivity contribution in [2.24, 2.45) is 0 Å². The molecule has 0 amide bonds. The molecule has 4 nitrogen and oxygen atoms in total. The molecule has 0 unspecified atom stereocenters. The molecule has 0 saturated carbocycles. The Hall–Kier alpha value is -3.24. The second-order valence-electron chi connectivity index (χ2n) is 7.12. The zero-order valence-electron chi connectivity index (χ0n) is 17.5.